The average molecular weight is 235 g/mol. The number of hydrogen-bond acceptors (Lipinski definition) is 3. The Morgan fingerprint density at radius 3 is 2.65 bits per heavy atom. The lowest BCUT2D eigenvalue weighted by Gasteiger charge is -2.22. The zero-order valence-corrected chi connectivity index (χ0v) is 11.0. The molecule has 1 rings (SSSR count). The van der Waals surface area contributed by atoms with E-state index in [-0.39, 0.29) is 5.91 Å². The van der Waals surface area contributed by atoms with Crippen LogP contribution in [0, 0.1) is 6.92 Å². The molecule has 0 aliphatic rings. The molecule has 0 unspecified atom stereocenters. The molecule has 2 N–H and O–H groups in total. The van der Waals surface area contributed by atoms with Gasteiger partial charge in [0.05, 0.1) is 6.54 Å². The Labute approximate surface area is 103 Å². The highest BCUT2D eigenvalue weighted by atomic mass is 16.1. The van der Waals surface area contributed by atoms with Crippen molar-refractivity contribution in [1.82, 2.24) is 10.6 Å². The second-order valence-electron chi connectivity index (χ2n) is 4.19. The van der Waals surface area contributed by atoms with Gasteiger partial charge in [0.2, 0.25) is 5.91 Å². The van der Waals surface area contributed by atoms with Crippen LogP contribution in [-0.2, 0) is 11.3 Å². The fourth-order valence-electron chi connectivity index (χ4n) is 1.80. The first-order valence-corrected chi connectivity index (χ1v) is 5.74. The zero-order valence-electron chi connectivity index (χ0n) is 11.0. The maximum atomic E-state index is 11.4. The second-order valence-corrected chi connectivity index (χ2v) is 4.19. The minimum atomic E-state index is 0.0171. The first kappa shape index (κ1) is 13.5. The van der Waals surface area contributed by atoms with Gasteiger partial charge in [-0.25, -0.2) is 0 Å². The fraction of sp³-hybridized carbons (Fsp3) is 0.462. The highest BCUT2D eigenvalue weighted by molar-refractivity contribution is 5.81. The van der Waals surface area contributed by atoms with Crippen molar-refractivity contribution < 1.29 is 4.79 Å². The molecule has 17 heavy (non-hydrogen) atoms. The summed E-state index contributed by atoms with van der Waals surface area (Å²) in [6, 6.07) is 6.27. The Hall–Kier alpha value is -1.55. The van der Waals surface area contributed by atoms with Crippen molar-refractivity contribution in [3.05, 3.63) is 29.3 Å². The van der Waals surface area contributed by atoms with Gasteiger partial charge in [-0.15, -0.1) is 0 Å². The summed E-state index contributed by atoms with van der Waals surface area (Å²) in [5.41, 5.74) is 3.53. The van der Waals surface area contributed by atoms with Crippen LogP contribution in [-0.4, -0.2) is 33.6 Å². The van der Waals surface area contributed by atoms with Gasteiger partial charge < -0.3 is 15.5 Å². The Morgan fingerprint density at radius 1 is 1.35 bits per heavy atom. The number of benzene rings is 1. The largest absolute Gasteiger partial charge is 0.365 e. The Balaban J connectivity index is 2.91. The van der Waals surface area contributed by atoms with Crippen molar-refractivity contribution in [2.45, 2.75) is 13.5 Å². The Morgan fingerprint density at radius 2 is 2.06 bits per heavy atom. The lowest BCUT2D eigenvalue weighted by atomic mass is 10.1. The summed E-state index contributed by atoms with van der Waals surface area (Å²) in [5.74, 6) is 0.0171. The van der Waals surface area contributed by atoms with Crippen LogP contribution in [0.2, 0.25) is 0 Å². The summed E-state index contributed by atoms with van der Waals surface area (Å²) >= 11 is 0. The smallest absolute Gasteiger partial charge is 0.239 e. The SMILES string of the molecule is CNCc1cc(C)ccc1N(C)CC(=O)NC. The number of anilines is 1. The second kappa shape index (κ2) is 6.25. The first-order valence-electron chi connectivity index (χ1n) is 5.74. The van der Waals surface area contributed by atoms with E-state index in [1.165, 1.54) is 11.1 Å². The van der Waals surface area contributed by atoms with E-state index in [1.807, 2.05) is 19.0 Å². The molecule has 0 saturated carbocycles. The fourth-order valence-corrected chi connectivity index (χ4v) is 1.80. The molecule has 1 amide bonds. The van der Waals surface area contributed by atoms with Crippen LogP contribution < -0.4 is 15.5 Å². The monoisotopic (exact) mass is 235 g/mol. The van der Waals surface area contributed by atoms with Crippen molar-refractivity contribution in [3.63, 3.8) is 0 Å². The molecule has 4 nitrogen and oxygen atoms in total. The molecule has 0 atom stereocenters. The molecule has 1 aromatic carbocycles. The van der Waals surface area contributed by atoms with E-state index < -0.39 is 0 Å². The third kappa shape index (κ3) is 3.75. The number of amides is 1. The number of rotatable bonds is 5. The molecule has 0 aromatic heterocycles. The van der Waals surface area contributed by atoms with Crippen LogP contribution in [0.4, 0.5) is 5.69 Å². The maximum absolute atomic E-state index is 11.4. The van der Waals surface area contributed by atoms with Gasteiger partial charge in [0.25, 0.3) is 0 Å². The van der Waals surface area contributed by atoms with E-state index in [9.17, 15) is 4.79 Å². The normalized spacial score (nSPS) is 10.1. The molecule has 0 aliphatic heterocycles. The standard InChI is InChI=1S/C13H21N3O/c1-10-5-6-12(11(7-10)8-14-2)16(4)9-13(17)15-3/h5-7,14H,8-9H2,1-4H3,(H,15,17). The van der Waals surface area contributed by atoms with Crippen molar-refractivity contribution >= 4 is 11.6 Å². The number of likely N-dealkylation sites (N-methyl/N-ethyl adjacent to an activating group) is 2. The van der Waals surface area contributed by atoms with Gasteiger partial charge in [0.15, 0.2) is 0 Å². The molecule has 0 aliphatic carbocycles. The molecular formula is C13H21N3O. The van der Waals surface area contributed by atoms with Gasteiger partial charge in [-0.05, 0) is 25.6 Å². The molecule has 0 fully saturated rings. The third-order valence-corrected chi connectivity index (χ3v) is 2.67. The van der Waals surface area contributed by atoms with E-state index >= 15 is 0 Å². The van der Waals surface area contributed by atoms with Crippen molar-refractivity contribution in [2.75, 3.05) is 32.6 Å². The third-order valence-electron chi connectivity index (χ3n) is 2.67. The summed E-state index contributed by atoms with van der Waals surface area (Å²) in [6.45, 7) is 3.24. The number of nitrogens with one attached hydrogen (secondary N) is 2. The van der Waals surface area contributed by atoms with E-state index in [1.54, 1.807) is 7.05 Å². The summed E-state index contributed by atoms with van der Waals surface area (Å²) in [5, 5.41) is 5.78. The van der Waals surface area contributed by atoms with Crippen molar-refractivity contribution in [1.29, 1.82) is 0 Å². The first-order chi connectivity index (χ1) is 8.08. The minimum Gasteiger partial charge on any atom is -0.365 e. The Bertz CT molecular complexity index is 390. The van der Waals surface area contributed by atoms with E-state index in [2.05, 4.69) is 35.8 Å². The quantitative estimate of drug-likeness (QED) is 0.797. The highest BCUT2D eigenvalue weighted by Crippen LogP contribution is 2.20. The molecule has 0 saturated heterocycles. The van der Waals surface area contributed by atoms with Gasteiger partial charge in [0, 0.05) is 26.3 Å². The lowest BCUT2D eigenvalue weighted by molar-refractivity contribution is -0.119. The van der Waals surface area contributed by atoms with Crippen LogP contribution >= 0.6 is 0 Å². The number of carbonyl (C=O) groups excluding carboxylic acids is 1. The summed E-state index contributed by atoms with van der Waals surface area (Å²) in [4.78, 5) is 13.3. The molecule has 94 valence electrons. The van der Waals surface area contributed by atoms with Crippen LogP contribution in [0.25, 0.3) is 0 Å². The topological polar surface area (TPSA) is 44.4 Å². The van der Waals surface area contributed by atoms with Gasteiger partial charge in [-0.2, -0.15) is 0 Å². The number of hydrogen-bond donors (Lipinski definition) is 2. The summed E-state index contributed by atoms with van der Waals surface area (Å²) in [6.07, 6.45) is 0. The molecule has 0 bridgehead atoms. The highest BCUT2D eigenvalue weighted by Gasteiger charge is 2.10. The van der Waals surface area contributed by atoms with Gasteiger partial charge in [-0.1, -0.05) is 17.7 Å². The molecule has 4 heteroatoms. The number of nitrogens with zero attached hydrogens (tertiary/aromatic N) is 1. The van der Waals surface area contributed by atoms with E-state index in [4.69, 9.17) is 0 Å². The summed E-state index contributed by atoms with van der Waals surface area (Å²) < 4.78 is 0. The lowest BCUT2D eigenvalue weighted by Crippen LogP contribution is -2.33. The maximum Gasteiger partial charge on any atom is 0.239 e. The van der Waals surface area contributed by atoms with E-state index in [0.717, 1.165) is 12.2 Å². The van der Waals surface area contributed by atoms with Crippen LogP contribution in [0.15, 0.2) is 18.2 Å². The van der Waals surface area contributed by atoms with Crippen LogP contribution in [0.5, 0.6) is 0 Å². The van der Waals surface area contributed by atoms with Gasteiger partial charge >= 0.3 is 0 Å². The molecule has 1 aromatic rings. The van der Waals surface area contributed by atoms with Crippen LogP contribution in [0.3, 0.4) is 0 Å². The number of carbonyl (C=O) groups is 1. The zero-order chi connectivity index (χ0) is 12.8. The number of aryl methyl sites for hydroxylation is 1. The van der Waals surface area contributed by atoms with Gasteiger partial charge in [-0.3, -0.25) is 4.79 Å². The molecular weight excluding hydrogens is 214 g/mol. The van der Waals surface area contributed by atoms with Crippen molar-refractivity contribution in [3.8, 4) is 0 Å². The Kier molecular flexibility index (Phi) is 4.97. The molecule has 0 radical (unpaired) electrons. The van der Waals surface area contributed by atoms with Crippen LogP contribution in [0.1, 0.15) is 11.1 Å². The predicted molar refractivity (Wildman–Crippen MR) is 71.3 cm³/mol. The molecule has 0 heterocycles. The molecule has 0 spiro atoms. The average Bonchev–Trinajstić information content (AvgIpc) is 2.29. The van der Waals surface area contributed by atoms with Crippen molar-refractivity contribution in [2.24, 2.45) is 0 Å². The minimum absolute atomic E-state index is 0.0171. The summed E-state index contributed by atoms with van der Waals surface area (Å²) in [7, 11) is 5.50. The van der Waals surface area contributed by atoms with E-state index in [0.29, 0.717) is 6.54 Å². The van der Waals surface area contributed by atoms with Gasteiger partial charge in [0.1, 0.15) is 0 Å². The predicted octanol–water partition coefficient (Wildman–Crippen LogP) is 0.897.